The molecule has 3 aromatic carbocycles. The van der Waals surface area contributed by atoms with Gasteiger partial charge in [0.1, 0.15) is 18.5 Å². The van der Waals surface area contributed by atoms with Gasteiger partial charge in [-0.1, -0.05) is 6.07 Å². The van der Waals surface area contributed by atoms with Gasteiger partial charge in [0.15, 0.2) is 17.2 Å². The number of carbonyl (C=O) groups excluding carboxylic acids is 4. The van der Waals surface area contributed by atoms with E-state index < -0.39 is 84.5 Å². The van der Waals surface area contributed by atoms with E-state index in [1.807, 2.05) is 6.07 Å². The highest BCUT2D eigenvalue weighted by atomic mass is 79.9. The van der Waals surface area contributed by atoms with Crippen molar-refractivity contribution in [2.24, 2.45) is 0 Å². The summed E-state index contributed by atoms with van der Waals surface area (Å²) in [5.41, 5.74) is 0.665. The van der Waals surface area contributed by atoms with Crippen LogP contribution in [0, 0.1) is 13.8 Å². The molecule has 0 bridgehead atoms. The summed E-state index contributed by atoms with van der Waals surface area (Å²) < 4.78 is 93.5. The monoisotopic (exact) mass is 693 g/mol. The molecule has 0 fully saturated rings. The van der Waals surface area contributed by atoms with Gasteiger partial charge in [-0.25, -0.2) is 0 Å². The number of fused-ring (bicyclic) bond motifs is 1. The number of amides is 4. The third-order valence-corrected chi connectivity index (χ3v) is 7.21. The number of halogens is 1. The van der Waals surface area contributed by atoms with Gasteiger partial charge in [0.2, 0.25) is 17.6 Å². The molecule has 14 heteroatoms. The highest BCUT2D eigenvalue weighted by Crippen LogP contribution is 2.45. The molecule has 0 aromatic heterocycles. The zero-order chi connectivity index (χ0) is 40.3. The Labute approximate surface area is 280 Å². The van der Waals surface area contributed by atoms with E-state index in [0.717, 1.165) is 17.2 Å². The minimum Gasteiger partial charge on any atom is -0.493 e. The van der Waals surface area contributed by atoms with Gasteiger partial charge < -0.3 is 45.0 Å². The molecule has 45 heavy (non-hydrogen) atoms. The first-order valence-electron chi connectivity index (χ1n) is 17.5. The maximum absolute atomic E-state index is 14.0. The Bertz CT molecular complexity index is 1950. The molecule has 0 saturated carbocycles. The van der Waals surface area contributed by atoms with Crippen LogP contribution in [0.5, 0.6) is 28.7 Å². The smallest absolute Gasteiger partial charge is 0.257 e. The summed E-state index contributed by atoms with van der Waals surface area (Å²) in [6, 6.07) is 7.07. The summed E-state index contributed by atoms with van der Waals surface area (Å²) in [5.74, 6) is -5.87. The Morgan fingerprint density at radius 1 is 0.956 bits per heavy atom. The summed E-state index contributed by atoms with van der Waals surface area (Å²) in [7, 11) is -8.44. The van der Waals surface area contributed by atoms with Crippen LogP contribution < -0.4 is 40.2 Å². The number of nitrogens with one attached hydrogen (secondary N) is 4. The predicted molar refractivity (Wildman–Crippen MR) is 169 cm³/mol. The standard InChI is InChI=1S/C31H33BrN4O9/c1-15-7-16(2)9-17(8-15)45-23-10-18-20(34-31(40)22(36-29(18)38)13-25(37)33-14-41-3)12-21(23)35-30(39)19-11-24(42-4)27(43-5)28(44-6)26(19)32/h7-12,22H,13-14H2,1-6H3,(H,33,37)(H,34,40)(H,35,39)(H,36,38)/t22-/m0/s1/i4D3,5D3,6D3. The van der Waals surface area contributed by atoms with Gasteiger partial charge in [0, 0.05) is 7.11 Å². The summed E-state index contributed by atoms with van der Waals surface area (Å²) >= 11 is 3.06. The van der Waals surface area contributed by atoms with Crippen LogP contribution in [0.1, 0.15) is 50.6 Å². The summed E-state index contributed by atoms with van der Waals surface area (Å²) in [6.45, 7) is 3.48. The van der Waals surface area contributed by atoms with Crippen LogP contribution >= 0.6 is 15.9 Å². The first kappa shape index (κ1) is 22.7. The quantitative estimate of drug-likeness (QED) is 0.215. The molecular weight excluding hydrogens is 652 g/mol. The number of rotatable bonds is 11. The van der Waals surface area contributed by atoms with Gasteiger partial charge in [-0.05, 0) is 71.2 Å². The minimum atomic E-state index is -3.27. The number of hydrogen-bond acceptors (Lipinski definition) is 9. The van der Waals surface area contributed by atoms with Gasteiger partial charge in [-0.15, -0.1) is 0 Å². The second-order valence-corrected chi connectivity index (χ2v) is 10.5. The third-order valence-electron chi connectivity index (χ3n) is 6.42. The second-order valence-electron chi connectivity index (χ2n) is 9.73. The average molecular weight is 695 g/mol. The lowest BCUT2D eigenvalue weighted by molar-refractivity contribution is -0.126. The molecule has 1 aliphatic heterocycles. The van der Waals surface area contributed by atoms with Crippen molar-refractivity contribution in [2.75, 3.05) is 45.6 Å². The molecule has 0 aliphatic carbocycles. The molecule has 4 amide bonds. The lowest BCUT2D eigenvalue weighted by atomic mass is 10.1. The highest BCUT2D eigenvalue weighted by Gasteiger charge is 2.31. The molecule has 4 N–H and O–H groups in total. The van der Waals surface area contributed by atoms with E-state index in [0.29, 0.717) is 0 Å². The molecule has 1 atom stereocenters. The van der Waals surface area contributed by atoms with Gasteiger partial charge in [0.25, 0.3) is 11.8 Å². The Balaban J connectivity index is 1.86. The van der Waals surface area contributed by atoms with Crippen molar-refractivity contribution in [3.8, 4) is 28.7 Å². The van der Waals surface area contributed by atoms with Crippen LogP contribution in [-0.2, 0) is 14.3 Å². The van der Waals surface area contributed by atoms with E-state index in [1.165, 1.54) is 19.2 Å². The van der Waals surface area contributed by atoms with Crippen molar-refractivity contribution in [3.05, 3.63) is 63.1 Å². The average Bonchev–Trinajstić information content (AvgIpc) is 3.11. The number of hydrogen-bond donors (Lipinski definition) is 4. The van der Waals surface area contributed by atoms with Gasteiger partial charge in [-0.3, -0.25) is 19.2 Å². The Kier molecular flexibility index (Phi) is 7.20. The van der Waals surface area contributed by atoms with E-state index >= 15 is 0 Å². The lowest BCUT2D eigenvalue weighted by Crippen LogP contribution is -2.44. The summed E-state index contributed by atoms with van der Waals surface area (Å²) in [4.78, 5) is 53.0. The maximum atomic E-state index is 14.0. The second kappa shape index (κ2) is 14.3. The maximum Gasteiger partial charge on any atom is 0.257 e. The van der Waals surface area contributed by atoms with Crippen molar-refractivity contribution in [1.82, 2.24) is 10.6 Å². The van der Waals surface area contributed by atoms with Crippen molar-refractivity contribution in [1.29, 1.82) is 0 Å². The number of methoxy groups -OCH3 is 4. The Hall–Kier alpha value is -4.82. The van der Waals surface area contributed by atoms with Crippen LogP contribution in [0.2, 0.25) is 0 Å². The first-order chi connectivity index (χ1) is 24.9. The molecule has 3 aromatic rings. The van der Waals surface area contributed by atoms with E-state index in [4.69, 9.17) is 36.0 Å². The zero-order valence-corrected chi connectivity index (χ0v) is 25.6. The largest absolute Gasteiger partial charge is 0.493 e. The molecule has 0 spiro atoms. The lowest BCUT2D eigenvalue weighted by Gasteiger charge is -2.19. The number of ether oxygens (including phenoxy) is 5. The van der Waals surface area contributed by atoms with Crippen LogP contribution in [-0.4, -0.2) is 64.6 Å². The van der Waals surface area contributed by atoms with Crippen molar-refractivity contribution < 1.29 is 55.2 Å². The van der Waals surface area contributed by atoms with E-state index in [-0.39, 0.29) is 35.2 Å². The Morgan fingerprint density at radius 3 is 2.36 bits per heavy atom. The summed E-state index contributed by atoms with van der Waals surface area (Å²) in [6.07, 6.45) is -0.443. The summed E-state index contributed by atoms with van der Waals surface area (Å²) in [5, 5.41) is 10.00. The Morgan fingerprint density at radius 2 is 1.67 bits per heavy atom. The number of aryl methyl sites for hydroxylation is 2. The van der Waals surface area contributed by atoms with Crippen molar-refractivity contribution in [2.45, 2.75) is 26.3 Å². The SMILES string of the molecule is [2H]C([2H])([2H])Oc1cc(C(=O)Nc2cc3c(cc2Oc2cc(C)cc(C)c2)C(=O)N[C@@H](CC(=O)NCOC)C(=O)N3)c(Br)c(OC([2H])([2H])[2H])c1OC([2H])([2H])[2H]. The van der Waals surface area contributed by atoms with Crippen LogP contribution in [0.15, 0.2) is 40.9 Å². The third kappa shape index (κ3) is 7.46. The van der Waals surface area contributed by atoms with E-state index in [2.05, 4.69) is 37.2 Å². The fourth-order valence-electron chi connectivity index (χ4n) is 4.46. The highest BCUT2D eigenvalue weighted by molar-refractivity contribution is 9.10. The van der Waals surface area contributed by atoms with Crippen LogP contribution in [0.25, 0.3) is 0 Å². The van der Waals surface area contributed by atoms with Gasteiger partial charge in [0.05, 0.1) is 66.8 Å². The molecule has 0 saturated heterocycles. The van der Waals surface area contributed by atoms with Crippen molar-refractivity contribution >= 4 is 50.9 Å². The zero-order valence-electron chi connectivity index (χ0n) is 33.0. The first-order valence-corrected chi connectivity index (χ1v) is 13.8. The number of carbonyl (C=O) groups is 4. The molecule has 1 heterocycles. The topological polar surface area (TPSA) is 163 Å². The molecule has 238 valence electrons. The van der Waals surface area contributed by atoms with Crippen LogP contribution in [0.3, 0.4) is 0 Å². The predicted octanol–water partition coefficient (Wildman–Crippen LogP) is 4.30. The van der Waals surface area contributed by atoms with E-state index in [9.17, 15) is 19.2 Å². The normalized spacial score (nSPS) is 17.7. The van der Waals surface area contributed by atoms with Gasteiger partial charge >= 0.3 is 0 Å². The molecule has 1 aliphatic rings. The molecule has 4 rings (SSSR count). The fourth-order valence-corrected chi connectivity index (χ4v) is 5.02. The molecular formula is C31H33BrN4O9. The fraction of sp³-hybridized carbons (Fsp3) is 0.290. The molecule has 13 nitrogen and oxygen atoms in total. The molecule has 0 radical (unpaired) electrons. The molecule has 0 unspecified atom stereocenters. The van der Waals surface area contributed by atoms with Crippen LogP contribution in [0.4, 0.5) is 11.4 Å². The van der Waals surface area contributed by atoms with Gasteiger partial charge in [-0.2, -0.15) is 0 Å². The minimum absolute atomic E-state index is 0.112. The van der Waals surface area contributed by atoms with Crippen molar-refractivity contribution in [3.63, 3.8) is 0 Å². The number of benzene rings is 3. The number of anilines is 2. The van der Waals surface area contributed by atoms with E-state index in [1.54, 1.807) is 26.0 Å².